The maximum Gasteiger partial charge on any atom is 0.248 e. The fraction of sp³-hybridized carbons (Fsp3) is 0.308. The molecule has 18 heavy (non-hydrogen) atoms. The first-order chi connectivity index (χ1) is 8.53. The van der Waals surface area contributed by atoms with E-state index in [1.165, 1.54) is 21.3 Å². The standard InChI is InChI=1S/C13H15ClO4/c1-8(13(14)15)5-9-6-10(16-2)12(18-4)11(7-9)17-3/h5-7H,1-4H3. The van der Waals surface area contributed by atoms with Crippen molar-refractivity contribution < 1.29 is 19.0 Å². The molecule has 0 aromatic heterocycles. The smallest absolute Gasteiger partial charge is 0.248 e. The van der Waals surface area contributed by atoms with Gasteiger partial charge in [-0.1, -0.05) is 0 Å². The van der Waals surface area contributed by atoms with E-state index in [1.807, 2.05) is 0 Å². The zero-order valence-corrected chi connectivity index (χ0v) is 11.5. The predicted octanol–water partition coefficient (Wildman–Crippen LogP) is 2.88. The highest BCUT2D eigenvalue weighted by molar-refractivity contribution is 6.68. The number of methoxy groups -OCH3 is 3. The largest absolute Gasteiger partial charge is 0.493 e. The summed E-state index contributed by atoms with van der Waals surface area (Å²) in [6.07, 6.45) is 1.65. The van der Waals surface area contributed by atoms with E-state index in [9.17, 15) is 4.79 Å². The molecule has 4 nitrogen and oxygen atoms in total. The van der Waals surface area contributed by atoms with Gasteiger partial charge >= 0.3 is 0 Å². The van der Waals surface area contributed by atoms with E-state index >= 15 is 0 Å². The summed E-state index contributed by atoms with van der Waals surface area (Å²) in [6, 6.07) is 3.48. The van der Waals surface area contributed by atoms with Gasteiger partial charge in [0.05, 0.1) is 21.3 Å². The fourth-order valence-corrected chi connectivity index (χ4v) is 1.55. The number of ether oxygens (including phenoxy) is 3. The summed E-state index contributed by atoms with van der Waals surface area (Å²) in [5.74, 6) is 1.56. The van der Waals surface area contributed by atoms with Crippen molar-refractivity contribution in [3.8, 4) is 17.2 Å². The molecule has 0 saturated carbocycles. The molecular formula is C13H15ClO4. The van der Waals surface area contributed by atoms with Crippen LogP contribution < -0.4 is 14.2 Å². The highest BCUT2D eigenvalue weighted by Crippen LogP contribution is 2.38. The summed E-state index contributed by atoms with van der Waals surface area (Å²) >= 11 is 5.39. The van der Waals surface area contributed by atoms with Crippen molar-refractivity contribution in [2.75, 3.05) is 21.3 Å². The lowest BCUT2D eigenvalue weighted by Crippen LogP contribution is -1.96. The van der Waals surface area contributed by atoms with Crippen LogP contribution in [0.1, 0.15) is 12.5 Å². The number of halogens is 1. The lowest BCUT2D eigenvalue weighted by atomic mass is 10.1. The molecule has 0 aliphatic heterocycles. The van der Waals surface area contributed by atoms with Crippen LogP contribution in [0.25, 0.3) is 6.08 Å². The van der Waals surface area contributed by atoms with Crippen LogP contribution in [-0.2, 0) is 4.79 Å². The number of rotatable bonds is 5. The summed E-state index contributed by atoms with van der Waals surface area (Å²) in [7, 11) is 4.60. The third kappa shape index (κ3) is 3.17. The van der Waals surface area contributed by atoms with Crippen molar-refractivity contribution in [3.05, 3.63) is 23.3 Å². The molecule has 0 amide bonds. The molecule has 1 rings (SSSR count). The van der Waals surface area contributed by atoms with Crippen LogP contribution in [0.3, 0.4) is 0 Å². The van der Waals surface area contributed by atoms with Gasteiger partial charge in [-0.25, -0.2) is 0 Å². The Kier molecular flexibility index (Phi) is 5.04. The molecular weight excluding hydrogens is 256 g/mol. The van der Waals surface area contributed by atoms with Crippen LogP contribution in [0.2, 0.25) is 0 Å². The molecule has 0 spiro atoms. The van der Waals surface area contributed by atoms with Crippen LogP contribution in [0.15, 0.2) is 17.7 Å². The van der Waals surface area contributed by atoms with E-state index < -0.39 is 5.24 Å². The SMILES string of the molecule is COc1cc(C=C(C)C(=O)Cl)cc(OC)c1OC. The van der Waals surface area contributed by atoms with E-state index in [1.54, 1.807) is 25.1 Å². The average molecular weight is 271 g/mol. The van der Waals surface area contributed by atoms with Crippen LogP contribution in [0, 0.1) is 0 Å². The van der Waals surface area contributed by atoms with Gasteiger partial charge in [0.25, 0.3) is 0 Å². The van der Waals surface area contributed by atoms with E-state index in [4.69, 9.17) is 25.8 Å². The number of allylic oxidation sites excluding steroid dienone is 1. The molecule has 1 aromatic rings. The summed E-state index contributed by atoms with van der Waals surface area (Å²) in [5.41, 5.74) is 1.18. The van der Waals surface area contributed by atoms with E-state index in [0.29, 0.717) is 22.8 Å². The van der Waals surface area contributed by atoms with Gasteiger partial charge < -0.3 is 14.2 Å². The zero-order chi connectivity index (χ0) is 13.7. The molecule has 0 bridgehead atoms. The summed E-state index contributed by atoms with van der Waals surface area (Å²) in [5, 5.41) is -0.497. The zero-order valence-electron chi connectivity index (χ0n) is 10.7. The molecule has 0 aliphatic rings. The van der Waals surface area contributed by atoms with Gasteiger partial charge in [0.2, 0.25) is 11.0 Å². The van der Waals surface area contributed by atoms with Gasteiger partial charge in [-0.15, -0.1) is 0 Å². The second-order valence-corrected chi connectivity index (χ2v) is 3.90. The minimum Gasteiger partial charge on any atom is -0.493 e. The highest BCUT2D eigenvalue weighted by Gasteiger charge is 2.12. The number of carbonyl (C=O) groups excluding carboxylic acids is 1. The molecule has 0 saturated heterocycles. The average Bonchev–Trinajstić information content (AvgIpc) is 2.37. The Balaban J connectivity index is 3.32. The highest BCUT2D eigenvalue weighted by atomic mass is 35.5. The molecule has 0 aliphatic carbocycles. The van der Waals surface area contributed by atoms with Crippen LogP contribution >= 0.6 is 11.6 Å². The van der Waals surface area contributed by atoms with Crippen molar-refractivity contribution in [1.29, 1.82) is 0 Å². The number of carbonyl (C=O) groups is 1. The van der Waals surface area contributed by atoms with E-state index in [0.717, 1.165) is 5.56 Å². The molecule has 0 fully saturated rings. The number of benzene rings is 1. The molecule has 5 heteroatoms. The van der Waals surface area contributed by atoms with Crippen LogP contribution in [-0.4, -0.2) is 26.6 Å². The van der Waals surface area contributed by atoms with Gasteiger partial charge in [-0.05, 0) is 42.3 Å². The lowest BCUT2D eigenvalue weighted by Gasteiger charge is -2.13. The molecule has 0 radical (unpaired) electrons. The molecule has 98 valence electrons. The second kappa shape index (κ2) is 6.31. The minimum absolute atomic E-state index is 0.436. The van der Waals surface area contributed by atoms with Gasteiger partial charge in [0.1, 0.15) is 0 Å². The van der Waals surface area contributed by atoms with Crippen molar-refractivity contribution in [1.82, 2.24) is 0 Å². The Morgan fingerprint density at radius 1 is 1.11 bits per heavy atom. The van der Waals surface area contributed by atoms with E-state index in [-0.39, 0.29) is 0 Å². The predicted molar refractivity (Wildman–Crippen MR) is 70.6 cm³/mol. The molecule has 0 atom stereocenters. The van der Waals surface area contributed by atoms with Crippen molar-refractivity contribution in [3.63, 3.8) is 0 Å². The first-order valence-corrected chi connectivity index (χ1v) is 5.59. The first kappa shape index (κ1) is 14.4. The Hall–Kier alpha value is -1.68. The minimum atomic E-state index is -0.497. The second-order valence-electron chi connectivity index (χ2n) is 3.56. The first-order valence-electron chi connectivity index (χ1n) is 5.21. The summed E-state index contributed by atoms with van der Waals surface area (Å²) in [4.78, 5) is 11.0. The Labute approximate surface area is 111 Å². The van der Waals surface area contributed by atoms with Gasteiger partial charge in [0, 0.05) is 5.57 Å². The van der Waals surface area contributed by atoms with Crippen molar-refractivity contribution in [2.45, 2.75) is 6.92 Å². The topological polar surface area (TPSA) is 44.8 Å². The molecule has 1 aromatic carbocycles. The number of hydrogen-bond donors (Lipinski definition) is 0. The third-order valence-corrected chi connectivity index (χ3v) is 2.68. The molecule has 0 unspecified atom stereocenters. The Bertz CT molecular complexity index is 455. The summed E-state index contributed by atoms with van der Waals surface area (Å²) < 4.78 is 15.6. The fourth-order valence-electron chi connectivity index (χ4n) is 1.49. The monoisotopic (exact) mass is 270 g/mol. The quantitative estimate of drug-likeness (QED) is 0.610. The lowest BCUT2D eigenvalue weighted by molar-refractivity contribution is -0.108. The maximum absolute atomic E-state index is 11.0. The maximum atomic E-state index is 11.0. The van der Waals surface area contributed by atoms with Crippen molar-refractivity contribution in [2.24, 2.45) is 0 Å². The van der Waals surface area contributed by atoms with E-state index in [2.05, 4.69) is 0 Å². The van der Waals surface area contributed by atoms with Gasteiger partial charge in [0.15, 0.2) is 11.5 Å². The van der Waals surface area contributed by atoms with Crippen LogP contribution in [0.5, 0.6) is 17.2 Å². The van der Waals surface area contributed by atoms with Crippen LogP contribution in [0.4, 0.5) is 0 Å². The molecule has 0 heterocycles. The van der Waals surface area contributed by atoms with Gasteiger partial charge in [-0.2, -0.15) is 0 Å². The number of hydrogen-bond acceptors (Lipinski definition) is 4. The summed E-state index contributed by atoms with van der Waals surface area (Å²) in [6.45, 7) is 1.64. The molecule has 0 N–H and O–H groups in total. The van der Waals surface area contributed by atoms with Crippen molar-refractivity contribution >= 4 is 22.9 Å². The third-order valence-electron chi connectivity index (χ3n) is 2.38. The Morgan fingerprint density at radius 2 is 1.61 bits per heavy atom. The Morgan fingerprint density at radius 3 is 1.94 bits per heavy atom. The van der Waals surface area contributed by atoms with Gasteiger partial charge in [-0.3, -0.25) is 4.79 Å². The normalized spacial score (nSPS) is 11.1.